The monoisotopic (exact) mass is 192 g/mol. The van der Waals surface area contributed by atoms with Crippen LogP contribution in [0.15, 0.2) is 12.1 Å². The molecular formula is C10H12N2O2. The van der Waals surface area contributed by atoms with Crippen molar-refractivity contribution in [3.05, 3.63) is 23.3 Å². The van der Waals surface area contributed by atoms with Crippen LogP contribution in [0.5, 0.6) is 5.75 Å². The number of nitrogen functional groups attached to an aromatic ring is 1. The molecule has 1 heterocycles. The Hall–Kier alpha value is -1.71. The summed E-state index contributed by atoms with van der Waals surface area (Å²) in [5, 5.41) is 0. The summed E-state index contributed by atoms with van der Waals surface area (Å²) in [4.78, 5) is 11.1. The van der Waals surface area contributed by atoms with Crippen molar-refractivity contribution in [2.45, 2.75) is 19.4 Å². The van der Waals surface area contributed by atoms with Gasteiger partial charge in [0.15, 0.2) is 0 Å². The summed E-state index contributed by atoms with van der Waals surface area (Å²) in [7, 11) is 0. The fourth-order valence-electron chi connectivity index (χ4n) is 1.71. The van der Waals surface area contributed by atoms with Gasteiger partial charge < -0.3 is 16.2 Å². The van der Waals surface area contributed by atoms with Gasteiger partial charge in [-0.3, -0.25) is 4.79 Å². The van der Waals surface area contributed by atoms with Crippen LogP contribution in [0.2, 0.25) is 0 Å². The quantitative estimate of drug-likeness (QED) is 0.642. The zero-order valence-electron chi connectivity index (χ0n) is 7.91. The molecule has 0 aliphatic carbocycles. The highest BCUT2D eigenvalue weighted by atomic mass is 16.5. The van der Waals surface area contributed by atoms with Crippen LogP contribution in [0, 0.1) is 0 Å². The molecule has 0 bridgehead atoms. The third kappa shape index (κ3) is 1.19. The first-order valence-corrected chi connectivity index (χ1v) is 4.47. The number of carbonyl (C=O) groups excluding carboxylic acids is 1. The Labute approximate surface area is 81.8 Å². The number of fused-ring (bicyclic) bond motifs is 1. The second-order valence-corrected chi connectivity index (χ2v) is 3.51. The van der Waals surface area contributed by atoms with Gasteiger partial charge in [-0.25, -0.2) is 0 Å². The zero-order chi connectivity index (χ0) is 10.3. The maximum Gasteiger partial charge on any atom is 0.252 e. The van der Waals surface area contributed by atoms with Crippen molar-refractivity contribution in [3.63, 3.8) is 0 Å². The molecular weight excluding hydrogens is 180 g/mol. The summed E-state index contributed by atoms with van der Waals surface area (Å²) in [6, 6.07) is 3.30. The molecule has 4 N–H and O–H groups in total. The van der Waals surface area contributed by atoms with E-state index < -0.39 is 5.91 Å². The van der Waals surface area contributed by atoms with E-state index >= 15 is 0 Å². The van der Waals surface area contributed by atoms with Gasteiger partial charge in [0.05, 0.1) is 5.56 Å². The third-order valence-electron chi connectivity index (χ3n) is 2.37. The van der Waals surface area contributed by atoms with Crippen LogP contribution in [-0.4, -0.2) is 12.0 Å². The van der Waals surface area contributed by atoms with E-state index in [0.29, 0.717) is 17.0 Å². The highest BCUT2D eigenvalue weighted by molar-refractivity contribution is 5.97. The smallest absolute Gasteiger partial charge is 0.252 e. The minimum absolute atomic E-state index is 0.0628. The molecule has 4 heteroatoms. The van der Waals surface area contributed by atoms with E-state index in [-0.39, 0.29) is 6.10 Å². The molecule has 0 saturated heterocycles. The van der Waals surface area contributed by atoms with Crippen molar-refractivity contribution >= 4 is 11.6 Å². The molecule has 1 aliphatic heterocycles. The molecule has 74 valence electrons. The maximum absolute atomic E-state index is 11.1. The molecule has 0 spiro atoms. The topological polar surface area (TPSA) is 78.3 Å². The maximum atomic E-state index is 11.1. The van der Waals surface area contributed by atoms with Crippen LogP contribution in [0.25, 0.3) is 0 Å². The lowest BCUT2D eigenvalue weighted by atomic mass is 10.0. The molecule has 1 atom stereocenters. The molecule has 1 aromatic carbocycles. The first-order chi connectivity index (χ1) is 6.59. The van der Waals surface area contributed by atoms with Gasteiger partial charge in [-0.15, -0.1) is 0 Å². The Bertz CT molecular complexity index is 401. The highest BCUT2D eigenvalue weighted by Gasteiger charge is 2.25. The van der Waals surface area contributed by atoms with Crippen LogP contribution in [0.3, 0.4) is 0 Å². The average Bonchev–Trinajstić information content (AvgIpc) is 2.47. The Balaban J connectivity index is 2.59. The lowest BCUT2D eigenvalue weighted by Crippen LogP contribution is -2.13. The van der Waals surface area contributed by atoms with E-state index in [1.807, 2.05) is 6.92 Å². The fraction of sp³-hybridized carbons (Fsp3) is 0.300. The number of carbonyl (C=O) groups is 1. The number of benzene rings is 1. The molecule has 4 nitrogen and oxygen atoms in total. The molecule has 14 heavy (non-hydrogen) atoms. The zero-order valence-corrected chi connectivity index (χ0v) is 7.91. The molecule has 1 aromatic rings. The summed E-state index contributed by atoms with van der Waals surface area (Å²) < 4.78 is 5.50. The number of hydrogen-bond acceptors (Lipinski definition) is 3. The van der Waals surface area contributed by atoms with E-state index in [2.05, 4.69) is 0 Å². The van der Waals surface area contributed by atoms with Gasteiger partial charge in [-0.2, -0.15) is 0 Å². The minimum atomic E-state index is -0.477. The van der Waals surface area contributed by atoms with E-state index in [1.165, 1.54) is 0 Å². The Morgan fingerprint density at radius 3 is 2.93 bits per heavy atom. The highest BCUT2D eigenvalue weighted by Crippen LogP contribution is 2.36. The Kier molecular flexibility index (Phi) is 1.84. The lowest BCUT2D eigenvalue weighted by Gasteiger charge is -2.07. The van der Waals surface area contributed by atoms with Crippen molar-refractivity contribution in [2.75, 3.05) is 5.73 Å². The molecule has 0 saturated carbocycles. The summed E-state index contributed by atoms with van der Waals surface area (Å²) in [5.41, 5.74) is 13.0. The van der Waals surface area contributed by atoms with E-state index in [9.17, 15) is 4.79 Å². The molecule has 1 aliphatic rings. The molecule has 0 unspecified atom stereocenters. The van der Waals surface area contributed by atoms with Crippen molar-refractivity contribution < 1.29 is 9.53 Å². The molecule has 0 fully saturated rings. The number of rotatable bonds is 1. The van der Waals surface area contributed by atoms with Crippen LogP contribution in [0.4, 0.5) is 5.69 Å². The van der Waals surface area contributed by atoms with Crippen LogP contribution < -0.4 is 16.2 Å². The summed E-state index contributed by atoms with van der Waals surface area (Å²) in [5.74, 6) is 0.0837. The molecule has 0 aromatic heterocycles. The van der Waals surface area contributed by atoms with Crippen molar-refractivity contribution in [3.8, 4) is 5.75 Å². The molecule has 1 amide bonds. The SMILES string of the molecule is C[C@@H]1Cc2c(N)ccc(C(N)=O)c2O1. The van der Waals surface area contributed by atoms with Crippen molar-refractivity contribution in [2.24, 2.45) is 5.73 Å². The van der Waals surface area contributed by atoms with Crippen molar-refractivity contribution in [1.29, 1.82) is 0 Å². The fourth-order valence-corrected chi connectivity index (χ4v) is 1.71. The normalized spacial score (nSPS) is 18.8. The van der Waals surface area contributed by atoms with E-state index in [4.69, 9.17) is 16.2 Å². The molecule has 0 radical (unpaired) electrons. The van der Waals surface area contributed by atoms with Crippen LogP contribution in [0.1, 0.15) is 22.8 Å². The van der Waals surface area contributed by atoms with Gasteiger partial charge in [0.1, 0.15) is 11.9 Å². The number of anilines is 1. The lowest BCUT2D eigenvalue weighted by molar-refractivity contribution is 0.0996. The standard InChI is InChI=1S/C10H12N2O2/c1-5-4-7-8(11)3-2-6(10(12)13)9(7)14-5/h2-3,5H,4,11H2,1H3,(H2,12,13)/t5-/m1/s1. The number of ether oxygens (including phenoxy) is 1. The van der Waals surface area contributed by atoms with Gasteiger partial charge in [0, 0.05) is 17.7 Å². The summed E-state index contributed by atoms with van der Waals surface area (Å²) in [6.45, 7) is 1.93. The second kappa shape index (κ2) is 2.90. The van der Waals surface area contributed by atoms with Gasteiger partial charge >= 0.3 is 0 Å². The van der Waals surface area contributed by atoms with E-state index in [0.717, 1.165) is 12.0 Å². The molecule has 2 rings (SSSR count). The van der Waals surface area contributed by atoms with Gasteiger partial charge in [0.2, 0.25) is 0 Å². The first kappa shape index (κ1) is 8.87. The Morgan fingerprint density at radius 1 is 1.57 bits per heavy atom. The number of primary amides is 1. The number of hydrogen-bond donors (Lipinski definition) is 2. The third-order valence-corrected chi connectivity index (χ3v) is 2.37. The number of amides is 1. The second-order valence-electron chi connectivity index (χ2n) is 3.51. The van der Waals surface area contributed by atoms with Gasteiger partial charge in [0.25, 0.3) is 5.91 Å². The predicted octanol–water partition coefficient (Wildman–Crippen LogP) is 0.691. The average molecular weight is 192 g/mol. The van der Waals surface area contributed by atoms with E-state index in [1.54, 1.807) is 12.1 Å². The minimum Gasteiger partial charge on any atom is -0.489 e. The summed E-state index contributed by atoms with van der Waals surface area (Å²) >= 11 is 0. The largest absolute Gasteiger partial charge is 0.489 e. The first-order valence-electron chi connectivity index (χ1n) is 4.47. The van der Waals surface area contributed by atoms with Crippen molar-refractivity contribution in [1.82, 2.24) is 0 Å². The Morgan fingerprint density at radius 2 is 2.29 bits per heavy atom. The van der Waals surface area contributed by atoms with Gasteiger partial charge in [-0.1, -0.05) is 0 Å². The van der Waals surface area contributed by atoms with Crippen LogP contribution >= 0.6 is 0 Å². The van der Waals surface area contributed by atoms with Crippen LogP contribution in [-0.2, 0) is 6.42 Å². The predicted molar refractivity (Wildman–Crippen MR) is 53.2 cm³/mol. The van der Waals surface area contributed by atoms with Gasteiger partial charge in [-0.05, 0) is 19.1 Å². The number of nitrogens with two attached hydrogens (primary N) is 2. The summed E-state index contributed by atoms with van der Waals surface area (Å²) in [6.07, 6.45) is 0.801.